The van der Waals surface area contributed by atoms with E-state index in [0.29, 0.717) is 24.3 Å². The Hall–Kier alpha value is -3.27. The van der Waals surface area contributed by atoms with Gasteiger partial charge in [0.05, 0.1) is 17.7 Å². The third-order valence-corrected chi connectivity index (χ3v) is 5.56. The van der Waals surface area contributed by atoms with Crippen molar-refractivity contribution in [2.75, 3.05) is 6.61 Å². The summed E-state index contributed by atoms with van der Waals surface area (Å²) >= 11 is 0. The monoisotopic (exact) mass is 381 g/mol. The maximum absolute atomic E-state index is 6.20. The molecular weight excluding hydrogens is 358 g/mol. The zero-order chi connectivity index (χ0) is 19.8. The fraction of sp³-hybridized carbons (Fsp3) is 0.240. The third-order valence-electron chi connectivity index (χ3n) is 5.56. The van der Waals surface area contributed by atoms with Gasteiger partial charge in [-0.15, -0.1) is 0 Å². The number of fused-ring (bicyclic) bond motifs is 1. The normalized spacial score (nSPS) is 18.0. The molecule has 1 aliphatic rings. The van der Waals surface area contributed by atoms with Crippen molar-refractivity contribution in [3.63, 3.8) is 0 Å². The first-order chi connectivity index (χ1) is 14.2. The van der Waals surface area contributed by atoms with Crippen molar-refractivity contribution in [3.8, 4) is 17.0 Å². The summed E-state index contributed by atoms with van der Waals surface area (Å²) in [4.78, 5) is 13.8. The van der Waals surface area contributed by atoms with Gasteiger partial charge in [0, 0.05) is 29.1 Å². The van der Waals surface area contributed by atoms with Crippen LogP contribution < -0.4 is 4.74 Å². The molecule has 2 heterocycles. The van der Waals surface area contributed by atoms with Crippen molar-refractivity contribution in [2.45, 2.75) is 26.2 Å². The lowest BCUT2D eigenvalue weighted by Gasteiger charge is -2.11. The molecule has 0 spiro atoms. The molecule has 0 amide bonds. The minimum absolute atomic E-state index is 0.463. The maximum atomic E-state index is 6.20. The van der Waals surface area contributed by atoms with Crippen molar-refractivity contribution in [2.24, 2.45) is 5.92 Å². The van der Waals surface area contributed by atoms with Crippen LogP contribution in [-0.4, -0.2) is 21.6 Å². The molecule has 1 saturated carbocycles. The van der Waals surface area contributed by atoms with Crippen molar-refractivity contribution in [3.05, 3.63) is 83.9 Å². The Morgan fingerprint density at radius 3 is 2.76 bits per heavy atom. The lowest BCUT2D eigenvalue weighted by atomic mass is 10.1. The van der Waals surface area contributed by atoms with Gasteiger partial charge in [0.15, 0.2) is 0 Å². The Kier molecular flexibility index (Phi) is 4.47. The fourth-order valence-corrected chi connectivity index (χ4v) is 3.84. The largest absolute Gasteiger partial charge is 0.477 e. The van der Waals surface area contributed by atoms with Crippen LogP contribution in [0.25, 0.3) is 22.0 Å². The minimum atomic E-state index is 0.463. The van der Waals surface area contributed by atoms with Crippen molar-refractivity contribution < 1.29 is 4.74 Å². The number of hydrogen-bond acceptors (Lipinski definition) is 4. The molecule has 29 heavy (non-hydrogen) atoms. The Bertz CT molecular complexity index is 1190. The number of hydrogen-bond donors (Lipinski definition) is 0. The van der Waals surface area contributed by atoms with E-state index in [4.69, 9.17) is 9.72 Å². The van der Waals surface area contributed by atoms with Crippen LogP contribution in [0.5, 0.6) is 5.88 Å². The smallest absolute Gasteiger partial charge is 0.224 e. The highest BCUT2D eigenvalue weighted by atomic mass is 16.5. The van der Waals surface area contributed by atoms with E-state index in [1.807, 2.05) is 25.3 Å². The van der Waals surface area contributed by atoms with Crippen LogP contribution in [-0.2, 0) is 0 Å². The van der Waals surface area contributed by atoms with E-state index in [2.05, 4.69) is 65.4 Å². The van der Waals surface area contributed by atoms with Crippen LogP contribution in [0.3, 0.4) is 0 Å². The minimum Gasteiger partial charge on any atom is -0.477 e. The zero-order valence-corrected chi connectivity index (χ0v) is 16.7. The Morgan fingerprint density at radius 2 is 1.86 bits per heavy atom. The lowest BCUT2D eigenvalue weighted by molar-refractivity contribution is 0.285. The second-order valence-corrected chi connectivity index (χ2v) is 7.85. The highest BCUT2D eigenvalue weighted by Gasteiger charge is 2.40. The van der Waals surface area contributed by atoms with Crippen LogP contribution in [0.2, 0.25) is 0 Å². The quantitative estimate of drug-likeness (QED) is 0.458. The van der Waals surface area contributed by atoms with Gasteiger partial charge in [-0.1, -0.05) is 54.1 Å². The van der Waals surface area contributed by atoms with Crippen molar-refractivity contribution in [1.29, 1.82) is 0 Å². The molecule has 0 radical (unpaired) electrons. The van der Waals surface area contributed by atoms with E-state index < -0.39 is 0 Å². The molecule has 1 aliphatic carbocycles. The molecule has 2 aromatic carbocycles. The maximum Gasteiger partial charge on any atom is 0.224 e. The number of rotatable bonds is 5. The van der Waals surface area contributed by atoms with Crippen LogP contribution in [0.1, 0.15) is 29.4 Å². The number of aromatic nitrogens is 3. The summed E-state index contributed by atoms with van der Waals surface area (Å²) in [5, 5.41) is 1.18. The summed E-state index contributed by atoms with van der Waals surface area (Å²) in [6.45, 7) is 4.63. The molecule has 0 bridgehead atoms. The van der Waals surface area contributed by atoms with Gasteiger partial charge in [-0.05, 0) is 38.0 Å². The summed E-state index contributed by atoms with van der Waals surface area (Å²) in [6.07, 6.45) is 2.97. The topological polar surface area (TPSA) is 47.9 Å². The van der Waals surface area contributed by atoms with Crippen LogP contribution in [0.4, 0.5) is 0 Å². The molecule has 0 aliphatic heterocycles. The number of pyridine rings is 1. The molecule has 0 saturated heterocycles. The van der Waals surface area contributed by atoms with Gasteiger partial charge in [-0.2, -0.15) is 4.98 Å². The molecule has 4 nitrogen and oxygen atoms in total. The Morgan fingerprint density at radius 1 is 0.966 bits per heavy atom. The van der Waals surface area contributed by atoms with Gasteiger partial charge in [0.1, 0.15) is 5.82 Å². The van der Waals surface area contributed by atoms with Gasteiger partial charge in [0.25, 0.3) is 0 Å². The molecule has 2 aromatic heterocycles. The third kappa shape index (κ3) is 3.70. The van der Waals surface area contributed by atoms with Gasteiger partial charge < -0.3 is 4.74 Å². The second-order valence-electron chi connectivity index (χ2n) is 7.85. The van der Waals surface area contributed by atoms with E-state index in [0.717, 1.165) is 34.6 Å². The highest BCUT2D eigenvalue weighted by molar-refractivity contribution is 5.78. The average molecular weight is 381 g/mol. The van der Waals surface area contributed by atoms with Crippen molar-refractivity contribution in [1.82, 2.24) is 15.0 Å². The number of nitrogens with zero attached hydrogens (tertiary/aromatic N) is 3. The van der Waals surface area contributed by atoms with Crippen LogP contribution >= 0.6 is 0 Å². The molecule has 2 unspecified atom stereocenters. The first-order valence-electron chi connectivity index (χ1n) is 10.1. The summed E-state index contributed by atoms with van der Waals surface area (Å²) in [5.74, 6) is 2.33. The number of para-hydroxylation sites is 1. The predicted molar refractivity (Wildman–Crippen MR) is 115 cm³/mol. The van der Waals surface area contributed by atoms with E-state index in [9.17, 15) is 0 Å². The fourth-order valence-electron chi connectivity index (χ4n) is 3.84. The van der Waals surface area contributed by atoms with Crippen molar-refractivity contribution >= 4 is 10.9 Å². The van der Waals surface area contributed by atoms with Gasteiger partial charge in [-0.3, -0.25) is 4.98 Å². The van der Waals surface area contributed by atoms with E-state index in [-0.39, 0.29) is 0 Å². The van der Waals surface area contributed by atoms with Gasteiger partial charge in [0.2, 0.25) is 5.88 Å². The second kappa shape index (κ2) is 7.28. The molecule has 4 heteroatoms. The number of ether oxygens (including phenoxy) is 1. The summed E-state index contributed by atoms with van der Waals surface area (Å²) in [6, 6.07) is 20.9. The molecule has 0 N–H and O–H groups in total. The summed E-state index contributed by atoms with van der Waals surface area (Å²) < 4.78 is 6.20. The van der Waals surface area contributed by atoms with Crippen LogP contribution in [0, 0.1) is 19.8 Å². The summed E-state index contributed by atoms with van der Waals surface area (Å²) in [5.41, 5.74) is 5.46. The molecular formula is C25H23N3O. The van der Waals surface area contributed by atoms with E-state index in [1.165, 1.54) is 10.9 Å². The van der Waals surface area contributed by atoms with Gasteiger partial charge in [-0.25, -0.2) is 4.98 Å². The lowest BCUT2D eigenvalue weighted by Crippen LogP contribution is -2.05. The van der Waals surface area contributed by atoms with E-state index >= 15 is 0 Å². The average Bonchev–Trinajstić information content (AvgIpc) is 3.52. The summed E-state index contributed by atoms with van der Waals surface area (Å²) in [7, 11) is 0. The molecule has 2 atom stereocenters. The highest BCUT2D eigenvalue weighted by Crippen LogP contribution is 2.47. The molecule has 144 valence electrons. The standard InChI is InChI=1S/C25H23N3O/c1-16-6-5-8-19(12-16)22-14-26-17(2)27-25(22)29-15-20-13-21(20)24-11-10-18-7-3-4-9-23(18)28-24/h3-12,14,20-21H,13,15H2,1-2H3. The molecule has 4 aromatic rings. The number of benzene rings is 2. The first-order valence-corrected chi connectivity index (χ1v) is 10.1. The Labute approximate surface area is 170 Å². The predicted octanol–water partition coefficient (Wildman–Crippen LogP) is 5.49. The number of aryl methyl sites for hydroxylation is 2. The SMILES string of the molecule is Cc1cccc(-c2cnc(C)nc2OCC2CC2c2ccc3ccccc3n2)c1. The Balaban J connectivity index is 1.32. The molecule has 5 rings (SSSR count). The van der Waals surface area contributed by atoms with E-state index in [1.54, 1.807) is 0 Å². The van der Waals surface area contributed by atoms with Gasteiger partial charge >= 0.3 is 0 Å². The zero-order valence-electron chi connectivity index (χ0n) is 16.7. The van der Waals surface area contributed by atoms with Crippen LogP contribution in [0.15, 0.2) is 66.9 Å². The molecule has 1 fully saturated rings. The first kappa shape index (κ1) is 17.8.